The summed E-state index contributed by atoms with van der Waals surface area (Å²) in [6.07, 6.45) is 0. The van der Waals surface area contributed by atoms with Gasteiger partial charge >= 0.3 is 22.4 Å². The molecule has 0 aliphatic carbocycles. The average molecular weight is 331 g/mol. The summed E-state index contributed by atoms with van der Waals surface area (Å²) in [5.74, 6) is 0. The van der Waals surface area contributed by atoms with Gasteiger partial charge in [-0.1, -0.05) is 10.8 Å². The summed E-state index contributed by atoms with van der Waals surface area (Å²) < 4.78 is 0. The molecule has 0 aromatic heterocycles. The van der Waals surface area contributed by atoms with E-state index in [2.05, 4.69) is 25.3 Å². The van der Waals surface area contributed by atoms with Crippen LogP contribution in [0.3, 0.4) is 0 Å². The Kier molecular flexibility index (Phi) is 180. The van der Waals surface area contributed by atoms with Gasteiger partial charge in [0.2, 0.25) is 0 Å². The van der Waals surface area contributed by atoms with E-state index in [0.717, 1.165) is 0 Å². The second-order valence-electron chi connectivity index (χ2n) is 0.183. The fraction of sp³-hybridized carbons (Fsp3) is 0. The Morgan fingerprint density at radius 3 is 1.00 bits per heavy atom. The van der Waals surface area contributed by atoms with Crippen molar-refractivity contribution < 1.29 is 22.4 Å². The maximum Gasteiger partial charge on any atom is 1.00 e. The van der Waals surface area contributed by atoms with E-state index in [9.17, 15) is 0 Å². The van der Waals surface area contributed by atoms with Gasteiger partial charge in [0.25, 0.3) is 0 Å². The normalized spacial score (nSPS) is 1.75. The monoisotopic (exact) mass is 331 g/mol. The third-order valence-corrected chi connectivity index (χ3v) is 0. The van der Waals surface area contributed by atoms with Gasteiger partial charge < -0.3 is 31.4 Å². The molecule has 0 aliphatic heterocycles. The van der Waals surface area contributed by atoms with E-state index in [1.807, 2.05) is 0 Å². The van der Waals surface area contributed by atoms with Crippen molar-refractivity contribution in [1.82, 2.24) is 6.15 Å². The van der Waals surface area contributed by atoms with Crippen molar-refractivity contribution in [3.05, 3.63) is 0 Å². The van der Waals surface area contributed by atoms with E-state index >= 15 is 0 Å². The molecule has 0 spiro atoms. The van der Waals surface area contributed by atoms with Gasteiger partial charge in [-0.3, -0.25) is 0 Å². The Morgan fingerprint density at radius 2 is 1.00 bits per heavy atom. The number of thiocyanates is 2. The minimum Gasteiger partial charge on any atom is -0.696 e. The summed E-state index contributed by atoms with van der Waals surface area (Å²) in [5, 5.41) is 16.9. The first-order valence-electron chi connectivity index (χ1n) is 0.855. The smallest absolute Gasteiger partial charge is 0.696 e. The Labute approximate surface area is 75.0 Å². The predicted molar refractivity (Wildman–Crippen MR) is 31.9 cm³/mol. The molecule has 0 aromatic carbocycles. The van der Waals surface area contributed by atoms with Gasteiger partial charge in [0.05, 0.1) is 0 Å². The molecule has 6 heteroatoms. The van der Waals surface area contributed by atoms with Crippen LogP contribution in [0.25, 0.3) is 0 Å². The third kappa shape index (κ3) is 11100. The van der Waals surface area contributed by atoms with Crippen molar-refractivity contribution in [2.45, 2.75) is 0 Å². The third-order valence-electron chi connectivity index (χ3n) is 0. The SMILES string of the molecule is N#C[S-].N#C[S-].[Au+].[NH4+]. The zero-order chi connectivity index (χ0) is 5.41. The first kappa shape index (κ1) is 24.3. The maximum absolute atomic E-state index is 7.13. The first-order chi connectivity index (χ1) is 2.83. The molecule has 0 unspecified atom stereocenters. The first-order valence-corrected chi connectivity index (χ1v) is 1.67. The van der Waals surface area contributed by atoms with Gasteiger partial charge in [-0.15, -0.1) is 0 Å². The zero-order valence-corrected chi connectivity index (χ0v) is 7.81. The summed E-state index contributed by atoms with van der Waals surface area (Å²) in [5.41, 5.74) is 0. The van der Waals surface area contributed by atoms with Gasteiger partial charge in [0.15, 0.2) is 0 Å². The second-order valence-corrected chi connectivity index (χ2v) is 0.548. The van der Waals surface area contributed by atoms with Crippen LogP contribution >= 0.6 is 0 Å². The van der Waals surface area contributed by atoms with Gasteiger partial charge in [0, 0.05) is 0 Å². The van der Waals surface area contributed by atoms with Crippen molar-refractivity contribution in [3.63, 3.8) is 0 Å². The molecule has 0 rings (SSSR count). The molecule has 0 heterocycles. The largest absolute Gasteiger partial charge is 1.00 e. The molecule has 4 N–H and O–H groups in total. The van der Waals surface area contributed by atoms with Crippen LogP contribution in [0, 0.1) is 21.3 Å². The predicted octanol–water partition coefficient (Wildman–Crippen LogP) is 0.402. The van der Waals surface area contributed by atoms with Crippen LogP contribution in [-0.2, 0) is 47.6 Å². The summed E-state index contributed by atoms with van der Waals surface area (Å²) in [6, 6.07) is 0. The number of nitrogens with zero attached hydrogens (tertiary/aromatic N) is 2. The molecule has 0 saturated carbocycles. The number of hydrogen-bond donors (Lipinski definition) is 1. The Hall–Kier alpha value is 0.120. The number of quaternary nitrogens is 1. The molecule has 0 amide bonds. The van der Waals surface area contributed by atoms with Crippen LogP contribution in [0.4, 0.5) is 0 Å². The topological polar surface area (TPSA) is 84.1 Å². The fourth-order valence-electron chi connectivity index (χ4n) is 0. The summed E-state index contributed by atoms with van der Waals surface area (Å²) in [6.45, 7) is 0. The molecule has 0 bridgehead atoms. The maximum atomic E-state index is 7.13. The Bertz CT molecular complexity index is 70.3. The van der Waals surface area contributed by atoms with Gasteiger partial charge in [-0.05, 0) is 0 Å². The average Bonchev–Trinajstić information content (AvgIpc) is 1.39. The van der Waals surface area contributed by atoms with Crippen LogP contribution in [0.1, 0.15) is 0 Å². The van der Waals surface area contributed by atoms with Crippen molar-refractivity contribution in [2.24, 2.45) is 0 Å². The van der Waals surface area contributed by atoms with E-state index < -0.39 is 0 Å². The van der Waals surface area contributed by atoms with E-state index in [1.165, 1.54) is 10.8 Å². The molecule has 8 heavy (non-hydrogen) atoms. The molecule has 3 nitrogen and oxygen atoms in total. The van der Waals surface area contributed by atoms with Crippen LogP contribution < -0.4 is 6.15 Å². The van der Waals surface area contributed by atoms with Crippen LogP contribution in [0.15, 0.2) is 0 Å². The molecule has 0 aliphatic rings. The Morgan fingerprint density at radius 1 is 1.00 bits per heavy atom. The fourth-order valence-corrected chi connectivity index (χ4v) is 0. The van der Waals surface area contributed by atoms with Crippen LogP contribution in [-0.4, -0.2) is 0 Å². The van der Waals surface area contributed by atoms with Gasteiger partial charge in [0.1, 0.15) is 0 Å². The molecular formula is C2H4AuN3S2. The van der Waals surface area contributed by atoms with Crippen molar-refractivity contribution >= 4 is 25.3 Å². The van der Waals surface area contributed by atoms with Crippen LogP contribution in [0.5, 0.6) is 0 Å². The van der Waals surface area contributed by atoms with Crippen LogP contribution in [0.2, 0.25) is 0 Å². The molecule has 50 valence electrons. The quantitative estimate of drug-likeness (QED) is 0.396. The summed E-state index contributed by atoms with van der Waals surface area (Å²) in [4.78, 5) is 0. The summed E-state index contributed by atoms with van der Waals surface area (Å²) in [7, 11) is 0. The van der Waals surface area contributed by atoms with Gasteiger partial charge in [-0.2, -0.15) is 0 Å². The number of nitriles is 2. The summed E-state index contributed by atoms with van der Waals surface area (Å²) >= 11 is 7.40. The number of rotatable bonds is 0. The Balaban J connectivity index is -0.0000000160. The zero-order valence-electron chi connectivity index (χ0n) is 4.01. The molecule has 0 saturated heterocycles. The molecular weight excluding hydrogens is 327 g/mol. The van der Waals surface area contributed by atoms with Crippen molar-refractivity contribution in [3.8, 4) is 10.8 Å². The molecule has 0 fully saturated rings. The van der Waals surface area contributed by atoms with Crippen molar-refractivity contribution in [1.29, 1.82) is 10.5 Å². The van der Waals surface area contributed by atoms with E-state index in [-0.39, 0.29) is 28.5 Å². The minimum atomic E-state index is 0. The second kappa shape index (κ2) is 59.3. The molecule has 0 atom stereocenters. The van der Waals surface area contributed by atoms with E-state index in [0.29, 0.717) is 0 Å². The minimum absolute atomic E-state index is 0. The van der Waals surface area contributed by atoms with Gasteiger partial charge in [-0.25, -0.2) is 10.5 Å². The van der Waals surface area contributed by atoms with E-state index in [4.69, 9.17) is 10.5 Å². The molecule has 0 radical (unpaired) electrons. The van der Waals surface area contributed by atoms with Crippen molar-refractivity contribution in [2.75, 3.05) is 0 Å². The molecule has 0 aromatic rings. The number of hydrogen-bond acceptors (Lipinski definition) is 4. The standard InChI is InChI=1S/2CHNS.Au.H3N/c2*2-1-3;;/h2*3H;;1H3/q;;+1;/p-1. The van der Waals surface area contributed by atoms with E-state index in [1.54, 1.807) is 0 Å².